The molecule has 0 aromatic carbocycles. The van der Waals surface area contributed by atoms with Crippen LogP contribution in [0.5, 0.6) is 0 Å². The zero-order chi connectivity index (χ0) is 16.6. The number of thiophene rings is 1. The summed E-state index contributed by atoms with van der Waals surface area (Å²) in [5.74, 6) is 0.112. The number of nitrogens with two attached hydrogens (primary N) is 2. The summed E-state index contributed by atoms with van der Waals surface area (Å²) in [6, 6.07) is 0. The molecular weight excluding hydrogens is 314 g/mol. The number of carbonyl (C=O) groups is 1. The van der Waals surface area contributed by atoms with Crippen LogP contribution in [0.1, 0.15) is 41.6 Å². The Morgan fingerprint density at radius 1 is 1.39 bits per heavy atom. The van der Waals surface area contributed by atoms with E-state index in [4.69, 9.17) is 11.5 Å². The number of aliphatic hydroxyl groups excluding tert-OH is 1. The van der Waals surface area contributed by atoms with Gasteiger partial charge in [0, 0.05) is 13.1 Å². The quantitative estimate of drug-likeness (QED) is 0.774. The molecule has 0 radical (unpaired) electrons. The summed E-state index contributed by atoms with van der Waals surface area (Å²) in [5.41, 5.74) is 12.8. The second kappa shape index (κ2) is 6.29. The highest BCUT2D eigenvalue weighted by atomic mass is 32.1. The minimum Gasteiger partial charge on any atom is -0.397 e. The van der Waals surface area contributed by atoms with Gasteiger partial charge >= 0.3 is 0 Å². The number of aryl methyl sites for hydroxylation is 1. The number of fused-ring (bicyclic) bond motifs is 1. The maximum Gasteiger partial charge on any atom is 0.260 e. The maximum atomic E-state index is 11.5. The number of primary amides is 1. The molecule has 5 N–H and O–H groups in total. The average Bonchev–Trinajstić information content (AvgIpc) is 2.86. The summed E-state index contributed by atoms with van der Waals surface area (Å²) >= 11 is 1.22. The van der Waals surface area contributed by atoms with Crippen LogP contribution in [-0.2, 0) is 6.42 Å². The molecule has 3 rings (SSSR count). The van der Waals surface area contributed by atoms with Gasteiger partial charge in [0.1, 0.15) is 9.71 Å². The molecule has 1 aliphatic rings. The Morgan fingerprint density at radius 2 is 2.09 bits per heavy atom. The Morgan fingerprint density at radius 3 is 2.70 bits per heavy atom. The van der Waals surface area contributed by atoms with Crippen LogP contribution in [0.4, 0.5) is 11.6 Å². The molecular formula is C15H21N5O2S. The lowest BCUT2D eigenvalue weighted by atomic mass is 10.1. The molecule has 0 unspecified atom stereocenters. The van der Waals surface area contributed by atoms with Crippen molar-refractivity contribution in [2.24, 2.45) is 5.73 Å². The average molecular weight is 335 g/mol. The normalized spacial score (nSPS) is 16.2. The van der Waals surface area contributed by atoms with E-state index < -0.39 is 5.91 Å². The molecule has 0 atom stereocenters. The van der Waals surface area contributed by atoms with Crippen molar-refractivity contribution >= 4 is 39.1 Å². The standard InChI is InChI=1S/C15H21N5O2S/c1-2-3-9-10-11(16)12(13(17)22)23-14(10)19-15(18-9)20-6-4-8(21)5-7-20/h8,21H,2-7,16H2,1H3,(H2,17,22). The topological polar surface area (TPSA) is 118 Å². The smallest absolute Gasteiger partial charge is 0.260 e. The number of hydrogen-bond acceptors (Lipinski definition) is 7. The highest BCUT2D eigenvalue weighted by molar-refractivity contribution is 7.21. The van der Waals surface area contributed by atoms with Crippen LogP contribution in [0.2, 0.25) is 0 Å². The number of carbonyl (C=O) groups excluding carboxylic acids is 1. The minimum atomic E-state index is -0.532. The van der Waals surface area contributed by atoms with E-state index in [1.54, 1.807) is 0 Å². The van der Waals surface area contributed by atoms with Crippen molar-refractivity contribution in [3.05, 3.63) is 10.6 Å². The van der Waals surface area contributed by atoms with E-state index in [2.05, 4.69) is 21.8 Å². The lowest BCUT2D eigenvalue weighted by Gasteiger charge is -2.29. The van der Waals surface area contributed by atoms with Gasteiger partial charge < -0.3 is 21.5 Å². The van der Waals surface area contributed by atoms with Crippen LogP contribution in [0, 0.1) is 0 Å². The molecule has 3 heterocycles. The molecule has 0 aliphatic carbocycles. The zero-order valence-corrected chi connectivity index (χ0v) is 13.9. The third kappa shape index (κ3) is 2.96. The summed E-state index contributed by atoms with van der Waals surface area (Å²) in [5, 5.41) is 10.4. The molecule has 0 bridgehead atoms. The van der Waals surface area contributed by atoms with Crippen LogP contribution in [-0.4, -0.2) is 40.2 Å². The first-order valence-corrected chi connectivity index (χ1v) is 8.64. The number of nitrogens with zero attached hydrogens (tertiary/aromatic N) is 3. The van der Waals surface area contributed by atoms with Crippen LogP contribution in [0.25, 0.3) is 10.2 Å². The SMILES string of the molecule is CCCc1nc(N2CCC(O)CC2)nc2sc(C(N)=O)c(N)c12. The zero-order valence-electron chi connectivity index (χ0n) is 13.1. The van der Waals surface area contributed by atoms with Crippen LogP contribution < -0.4 is 16.4 Å². The first-order chi connectivity index (χ1) is 11.0. The Kier molecular flexibility index (Phi) is 4.36. The number of hydrogen-bond donors (Lipinski definition) is 3. The van der Waals surface area contributed by atoms with Crippen molar-refractivity contribution in [2.45, 2.75) is 38.7 Å². The number of anilines is 2. The fraction of sp³-hybridized carbons (Fsp3) is 0.533. The summed E-state index contributed by atoms with van der Waals surface area (Å²) in [6.07, 6.45) is 2.87. The van der Waals surface area contributed by atoms with Gasteiger partial charge in [0.2, 0.25) is 5.95 Å². The molecule has 1 amide bonds. The van der Waals surface area contributed by atoms with Crippen molar-refractivity contribution in [2.75, 3.05) is 23.7 Å². The number of aliphatic hydroxyl groups is 1. The number of piperidine rings is 1. The summed E-state index contributed by atoms with van der Waals surface area (Å²) in [6.45, 7) is 3.52. The van der Waals surface area contributed by atoms with Crippen LogP contribution >= 0.6 is 11.3 Å². The van der Waals surface area contributed by atoms with Gasteiger partial charge in [-0.1, -0.05) is 13.3 Å². The number of nitrogen functional groups attached to an aromatic ring is 1. The summed E-state index contributed by atoms with van der Waals surface area (Å²) in [7, 11) is 0. The van der Waals surface area contributed by atoms with Crippen molar-refractivity contribution < 1.29 is 9.90 Å². The largest absolute Gasteiger partial charge is 0.397 e. The van der Waals surface area contributed by atoms with Crippen molar-refractivity contribution in [1.82, 2.24) is 9.97 Å². The first-order valence-electron chi connectivity index (χ1n) is 7.83. The molecule has 2 aromatic heterocycles. The molecule has 1 fully saturated rings. The van der Waals surface area contributed by atoms with Gasteiger partial charge in [-0.15, -0.1) is 11.3 Å². The van der Waals surface area contributed by atoms with Crippen molar-refractivity contribution in [1.29, 1.82) is 0 Å². The van der Waals surface area contributed by atoms with E-state index in [1.165, 1.54) is 11.3 Å². The summed E-state index contributed by atoms with van der Waals surface area (Å²) in [4.78, 5) is 23.9. The molecule has 8 heteroatoms. The third-order valence-electron chi connectivity index (χ3n) is 4.11. The van der Waals surface area contributed by atoms with E-state index in [0.717, 1.165) is 37.0 Å². The van der Waals surface area contributed by atoms with E-state index in [-0.39, 0.29) is 6.10 Å². The lowest BCUT2D eigenvalue weighted by molar-refractivity contribution is 0.100. The van der Waals surface area contributed by atoms with Gasteiger partial charge in [0.05, 0.1) is 22.9 Å². The predicted octanol–water partition coefficient (Wildman–Crippen LogP) is 1.29. The Bertz CT molecular complexity index is 737. The predicted molar refractivity (Wildman–Crippen MR) is 91.8 cm³/mol. The lowest BCUT2D eigenvalue weighted by Crippen LogP contribution is -2.37. The second-order valence-corrected chi connectivity index (χ2v) is 6.83. The van der Waals surface area contributed by atoms with E-state index in [0.29, 0.717) is 34.2 Å². The van der Waals surface area contributed by atoms with Gasteiger partial charge in [-0.2, -0.15) is 0 Å². The van der Waals surface area contributed by atoms with E-state index in [9.17, 15) is 9.90 Å². The molecule has 1 saturated heterocycles. The minimum absolute atomic E-state index is 0.246. The maximum absolute atomic E-state index is 11.5. The molecule has 124 valence electrons. The van der Waals surface area contributed by atoms with Gasteiger partial charge in [0.15, 0.2) is 0 Å². The highest BCUT2D eigenvalue weighted by Crippen LogP contribution is 2.36. The second-order valence-electron chi connectivity index (χ2n) is 5.83. The van der Waals surface area contributed by atoms with Gasteiger partial charge in [0.25, 0.3) is 5.91 Å². The van der Waals surface area contributed by atoms with Crippen molar-refractivity contribution in [3.63, 3.8) is 0 Å². The molecule has 2 aromatic rings. The molecule has 0 spiro atoms. The molecule has 23 heavy (non-hydrogen) atoms. The molecule has 1 aliphatic heterocycles. The highest BCUT2D eigenvalue weighted by Gasteiger charge is 2.23. The fourth-order valence-electron chi connectivity index (χ4n) is 2.89. The van der Waals surface area contributed by atoms with Crippen molar-refractivity contribution in [3.8, 4) is 0 Å². The fourth-order valence-corrected chi connectivity index (χ4v) is 3.85. The first kappa shape index (κ1) is 15.9. The Hall–Kier alpha value is -1.93. The number of aromatic nitrogens is 2. The van der Waals surface area contributed by atoms with E-state index >= 15 is 0 Å². The Balaban J connectivity index is 2.08. The van der Waals surface area contributed by atoms with Gasteiger partial charge in [-0.05, 0) is 19.3 Å². The third-order valence-corrected chi connectivity index (χ3v) is 5.22. The molecule has 0 saturated carbocycles. The van der Waals surface area contributed by atoms with E-state index in [1.807, 2.05) is 0 Å². The number of amides is 1. The van der Waals surface area contributed by atoms with Gasteiger partial charge in [-0.3, -0.25) is 4.79 Å². The Labute approximate surface area is 138 Å². The van der Waals surface area contributed by atoms with Crippen LogP contribution in [0.3, 0.4) is 0 Å². The number of rotatable bonds is 4. The molecule has 7 nitrogen and oxygen atoms in total. The summed E-state index contributed by atoms with van der Waals surface area (Å²) < 4.78 is 0. The monoisotopic (exact) mass is 335 g/mol. The van der Waals surface area contributed by atoms with Gasteiger partial charge in [-0.25, -0.2) is 9.97 Å². The van der Waals surface area contributed by atoms with Crippen LogP contribution in [0.15, 0.2) is 0 Å².